The van der Waals surface area contributed by atoms with Crippen LogP contribution in [0.1, 0.15) is 23.2 Å². The van der Waals surface area contributed by atoms with Gasteiger partial charge in [0.05, 0.1) is 19.8 Å². The zero-order chi connectivity index (χ0) is 13.8. The molecule has 0 radical (unpaired) electrons. The van der Waals surface area contributed by atoms with E-state index < -0.39 is 5.97 Å². The highest BCUT2D eigenvalue weighted by atomic mass is 35.5. The number of anilines is 1. The lowest BCUT2D eigenvalue weighted by Crippen LogP contribution is -2.23. The summed E-state index contributed by atoms with van der Waals surface area (Å²) in [7, 11) is 1.25. The second-order valence-corrected chi connectivity index (χ2v) is 4.39. The van der Waals surface area contributed by atoms with Crippen molar-refractivity contribution in [2.75, 3.05) is 19.0 Å². The van der Waals surface area contributed by atoms with Gasteiger partial charge in [0.25, 0.3) is 0 Å². The van der Waals surface area contributed by atoms with Gasteiger partial charge in [-0.05, 0) is 12.8 Å². The number of carbonyl (C=O) groups excluding carboxylic acids is 1. The fourth-order valence-corrected chi connectivity index (χ4v) is 2.07. The van der Waals surface area contributed by atoms with Crippen LogP contribution < -0.4 is 5.32 Å². The first-order valence-electron chi connectivity index (χ1n) is 5.77. The summed E-state index contributed by atoms with van der Waals surface area (Å²) in [5, 5.41) is 12.0. The summed E-state index contributed by atoms with van der Waals surface area (Å²) in [6, 6.07) is 0. The summed E-state index contributed by atoms with van der Waals surface area (Å²) in [6.07, 6.45) is 2.16. The molecule has 0 aliphatic carbocycles. The minimum absolute atomic E-state index is 0.0149. The number of aliphatic hydroxyl groups is 1. The number of aromatic nitrogens is 2. The predicted molar refractivity (Wildman–Crippen MR) is 67.0 cm³/mol. The number of rotatable bonds is 4. The third-order valence-electron chi connectivity index (χ3n) is 2.80. The van der Waals surface area contributed by atoms with Crippen LogP contribution in [0.3, 0.4) is 0 Å². The van der Waals surface area contributed by atoms with Crippen LogP contribution in [0.2, 0.25) is 5.15 Å². The summed E-state index contributed by atoms with van der Waals surface area (Å²) in [5.74, 6) is -0.361. The van der Waals surface area contributed by atoms with Crippen molar-refractivity contribution in [3.8, 4) is 0 Å². The second-order valence-electron chi connectivity index (χ2n) is 4.03. The Balaban J connectivity index is 2.16. The van der Waals surface area contributed by atoms with Gasteiger partial charge in [-0.3, -0.25) is 0 Å². The van der Waals surface area contributed by atoms with Crippen molar-refractivity contribution in [1.29, 1.82) is 0 Å². The van der Waals surface area contributed by atoms with E-state index in [0.29, 0.717) is 6.42 Å². The maximum Gasteiger partial charge on any atom is 0.344 e. The van der Waals surface area contributed by atoms with Crippen LogP contribution in [0.5, 0.6) is 0 Å². The van der Waals surface area contributed by atoms with Crippen LogP contribution in [0.25, 0.3) is 0 Å². The molecule has 7 nitrogen and oxygen atoms in total. The van der Waals surface area contributed by atoms with Crippen molar-refractivity contribution in [3.63, 3.8) is 0 Å². The molecule has 1 aliphatic heterocycles. The number of hydrogen-bond donors (Lipinski definition) is 2. The molecule has 0 unspecified atom stereocenters. The summed E-state index contributed by atoms with van der Waals surface area (Å²) in [5.41, 5.74) is 0.0720. The molecule has 2 heterocycles. The molecule has 1 aromatic heterocycles. The minimum Gasteiger partial charge on any atom is -0.465 e. The van der Waals surface area contributed by atoms with Crippen molar-refractivity contribution in [2.45, 2.75) is 25.2 Å². The molecule has 0 saturated carbocycles. The molecule has 0 spiro atoms. The molecule has 2 atom stereocenters. The van der Waals surface area contributed by atoms with E-state index in [4.69, 9.17) is 21.4 Å². The number of ether oxygens (including phenoxy) is 2. The van der Waals surface area contributed by atoms with Gasteiger partial charge in [0.15, 0.2) is 0 Å². The smallest absolute Gasteiger partial charge is 0.344 e. The lowest BCUT2D eigenvalue weighted by atomic mass is 10.2. The summed E-state index contributed by atoms with van der Waals surface area (Å²) in [4.78, 5) is 19.4. The maximum atomic E-state index is 11.6. The minimum atomic E-state index is -0.621. The van der Waals surface area contributed by atoms with E-state index in [0.717, 1.165) is 6.42 Å². The molecule has 2 rings (SSSR count). The molecule has 0 bridgehead atoms. The van der Waals surface area contributed by atoms with E-state index in [2.05, 4.69) is 20.0 Å². The summed E-state index contributed by atoms with van der Waals surface area (Å²) < 4.78 is 10.1. The van der Waals surface area contributed by atoms with Crippen molar-refractivity contribution in [1.82, 2.24) is 9.97 Å². The highest BCUT2D eigenvalue weighted by Gasteiger charge is 2.27. The molecule has 1 aromatic rings. The number of esters is 1. The van der Waals surface area contributed by atoms with Gasteiger partial charge in [-0.15, -0.1) is 0 Å². The lowest BCUT2D eigenvalue weighted by molar-refractivity contribution is 0.0233. The first-order chi connectivity index (χ1) is 9.15. The topological polar surface area (TPSA) is 93.6 Å². The van der Waals surface area contributed by atoms with Crippen LogP contribution in [-0.4, -0.2) is 47.1 Å². The molecule has 2 N–H and O–H groups in total. The number of aliphatic hydroxyl groups excluding tert-OH is 1. The molecular weight excluding hydrogens is 274 g/mol. The van der Waals surface area contributed by atoms with E-state index in [1.54, 1.807) is 0 Å². The zero-order valence-corrected chi connectivity index (χ0v) is 11.1. The van der Waals surface area contributed by atoms with Crippen LogP contribution in [0, 0.1) is 0 Å². The molecule has 0 aromatic carbocycles. The summed E-state index contributed by atoms with van der Waals surface area (Å²) in [6.45, 7) is -0.0352. The Hall–Kier alpha value is -1.44. The molecule has 8 heteroatoms. The van der Waals surface area contributed by atoms with E-state index >= 15 is 0 Å². The average Bonchev–Trinajstić information content (AvgIpc) is 2.86. The van der Waals surface area contributed by atoms with Gasteiger partial charge in [-0.1, -0.05) is 11.6 Å². The number of nitrogens with zero attached hydrogens (tertiary/aromatic N) is 2. The van der Waals surface area contributed by atoms with E-state index in [9.17, 15) is 4.79 Å². The Labute approximate surface area is 114 Å². The van der Waals surface area contributed by atoms with Gasteiger partial charge in [0.1, 0.15) is 29.1 Å². The second kappa shape index (κ2) is 6.14. The highest BCUT2D eigenvalue weighted by molar-refractivity contribution is 6.33. The highest BCUT2D eigenvalue weighted by Crippen LogP contribution is 2.25. The fourth-order valence-electron chi connectivity index (χ4n) is 1.86. The van der Waals surface area contributed by atoms with Crippen LogP contribution in [0.4, 0.5) is 5.82 Å². The van der Waals surface area contributed by atoms with E-state index in [1.165, 1.54) is 13.4 Å². The zero-order valence-electron chi connectivity index (χ0n) is 10.3. The van der Waals surface area contributed by atoms with Crippen LogP contribution in [-0.2, 0) is 9.47 Å². The van der Waals surface area contributed by atoms with E-state index in [-0.39, 0.29) is 35.5 Å². The third kappa shape index (κ3) is 3.12. The fraction of sp³-hybridized carbons (Fsp3) is 0.545. The largest absolute Gasteiger partial charge is 0.465 e. The van der Waals surface area contributed by atoms with Gasteiger partial charge in [-0.2, -0.15) is 0 Å². The standard InChI is InChI=1S/C11H14ClN3O4/c1-18-11(17)8-9(12)13-5-14-10(8)15-7-3-2-6(4-16)19-7/h5-7,16H,2-4H2,1H3,(H,13,14,15)/t6-,7-/m0/s1. The number of carbonyl (C=O) groups is 1. The molecule has 1 aliphatic rings. The summed E-state index contributed by atoms with van der Waals surface area (Å²) >= 11 is 5.87. The molecule has 1 saturated heterocycles. The average molecular weight is 288 g/mol. The first-order valence-corrected chi connectivity index (χ1v) is 6.15. The number of nitrogens with one attached hydrogen (secondary N) is 1. The van der Waals surface area contributed by atoms with Crippen molar-refractivity contribution >= 4 is 23.4 Å². The molecule has 1 fully saturated rings. The Morgan fingerprint density at radius 1 is 1.63 bits per heavy atom. The molecule has 19 heavy (non-hydrogen) atoms. The number of methoxy groups -OCH3 is 1. The Bertz CT molecular complexity index is 471. The predicted octanol–water partition coefficient (Wildman–Crippen LogP) is 0.826. The van der Waals surface area contributed by atoms with Crippen molar-refractivity contribution in [3.05, 3.63) is 17.0 Å². The molecular formula is C11H14ClN3O4. The van der Waals surface area contributed by atoms with Gasteiger partial charge in [0.2, 0.25) is 0 Å². The Morgan fingerprint density at radius 2 is 2.42 bits per heavy atom. The SMILES string of the molecule is COC(=O)c1c(Cl)ncnc1N[C@@H]1CC[C@@H](CO)O1. The quantitative estimate of drug-likeness (QED) is 0.625. The van der Waals surface area contributed by atoms with Gasteiger partial charge in [-0.25, -0.2) is 14.8 Å². The van der Waals surface area contributed by atoms with Crippen LogP contribution >= 0.6 is 11.6 Å². The number of hydrogen-bond acceptors (Lipinski definition) is 7. The van der Waals surface area contributed by atoms with Crippen LogP contribution in [0.15, 0.2) is 6.33 Å². The number of halogens is 1. The Morgan fingerprint density at radius 3 is 3.05 bits per heavy atom. The Kier molecular flexibility index (Phi) is 4.52. The normalized spacial score (nSPS) is 22.3. The van der Waals surface area contributed by atoms with Gasteiger partial charge in [0, 0.05) is 0 Å². The maximum absolute atomic E-state index is 11.6. The van der Waals surface area contributed by atoms with Gasteiger partial charge >= 0.3 is 5.97 Å². The van der Waals surface area contributed by atoms with Crippen molar-refractivity contribution < 1.29 is 19.4 Å². The lowest BCUT2D eigenvalue weighted by Gasteiger charge is -2.16. The van der Waals surface area contributed by atoms with E-state index in [1.807, 2.05) is 0 Å². The molecule has 104 valence electrons. The molecule has 0 amide bonds. The monoisotopic (exact) mass is 287 g/mol. The first kappa shape index (κ1) is 14.0. The van der Waals surface area contributed by atoms with Gasteiger partial charge < -0.3 is 19.9 Å². The third-order valence-corrected chi connectivity index (χ3v) is 3.09. The van der Waals surface area contributed by atoms with Crippen molar-refractivity contribution in [2.24, 2.45) is 0 Å².